The normalized spacial score (nSPS) is 20.2. The lowest BCUT2D eigenvalue weighted by molar-refractivity contribution is 0.0632. The van der Waals surface area contributed by atoms with Gasteiger partial charge in [-0.1, -0.05) is 32.9 Å². The minimum absolute atomic E-state index is 0.135. The highest BCUT2D eigenvalue weighted by molar-refractivity contribution is 5.94. The van der Waals surface area contributed by atoms with Crippen LogP contribution in [0.5, 0.6) is 0 Å². The number of hydrogen-bond acceptors (Lipinski definition) is 2. The van der Waals surface area contributed by atoms with Crippen LogP contribution in [0.4, 0.5) is 0 Å². The topological polar surface area (TPSA) is 23.6 Å². The summed E-state index contributed by atoms with van der Waals surface area (Å²) >= 11 is 0. The van der Waals surface area contributed by atoms with Crippen molar-refractivity contribution in [2.75, 3.05) is 32.7 Å². The van der Waals surface area contributed by atoms with E-state index < -0.39 is 0 Å². The summed E-state index contributed by atoms with van der Waals surface area (Å²) in [5, 5.41) is 0. The quantitative estimate of drug-likeness (QED) is 0.856. The van der Waals surface area contributed by atoms with Gasteiger partial charge in [0, 0.05) is 38.3 Å². The van der Waals surface area contributed by atoms with Crippen molar-refractivity contribution in [1.82, 2.24) is 9.80 Å². The standard InChI is InChI=1S/C19H28N2O/c1-19(2,3)17-8-6-16(7-9-17)18(22)21-12-10-20(11-13-21)14-15-4-5-15/h6-9,15H,4-5,10-14H2,1-3H3. The Morgan fingerprint density at radius 1 is 1.05 bits per heavy atom. The summed E-state index contributed by atoms with van der Waals surface area (Å²) in [6.45, 7) is 11.6. The minimum atomic E-state index is 0.135. The van der Waals surface area contributed by atoms with Gasteiger partial charge in [-0.15, -0.1) is 0 Å². The van der Waals surface area contributed by atoms with Gasteiger partial charge in [-0.3, -0.25) is 9.69 Å². The highest BCUT2D eigenvalue weighted by Gasteiger charge is 2.28. The summed E-state index contributed by atoms with van der Waals surface area (Å²) < 4.78 is 0. The second-order valence-corrected chi connectivity index (χ2v) is 7.86. The lowest BCUT2D eigenvalue weighted by atomic mass is 9.86. The fraction of sp³-hybridized carbons (Fsp3) is 0.632. The number of carbonyl (C=O) groups is 1. The zero-order valence-corrected chi connectivity index (χ0v) is 14.1. The third-order valence-corrected chi connectivity index (χ3v) is 4.87. The second kappa shape index (κ2) is 6.04. The van der Waals surface area contributed by atoms with Crippen molar-refractivity contribution >= 4 is 5.91 Å². The van der Waals surface area contributed by atoms with E-state index in [9.17, 15) is 4.79 Å². The Bertz CT molecular complexity index is 517. The van der Waals surface area contributed by atoms with Gasteiger partial charge in [0.25, 0.3) is 5.91 Å². The van der Waals surface area contributed by atoms with E-state index in [4.69, 9.17) is 0 Å². The van der Waals surface area contributed by atoms with Crippen LogP contribution in [0.1, 0.15) is 49.5 Å². The summed E-state index contributed by atoms with van der Waals surface area (Å²) in [7, 11) is 0. The molecule has 1 aromatic carbocycles. The summed E-state index contributed by atoms with van der Waals surface area (Å²) in [6, 6.07) is 8.16. The molecule has 0 atom stereocenters. The van der Waals surface area contributed by atoms with Crippen molar-refractivity contribution in [1.29, 1.82) is 0 Å². The van der Waals surface area contributed by atoms with Gasteiger partial charge in [-0.05, 0) is 41.9 Å². The molecule has 0 N–H and O–H groups in total. The summed E-state index contributed by atoms with van der Waals surface area (Å²) in [5.41, 5.74) is 2.23. The Balaban J connectivity index is 1.57. The van der Waals surface area contributed by atoms with Crippen LogP contribution in [0.25, 0.3) is 0 Å². The third-order valence-electron chi connectivity index (χ3n) is 4.87. The van der Waals surface area contributed by atoms with Crippen LogP contribution in [0.2, 0.25) is 0 Å². The first kappa shape index (κ1) is 15.5. The third kappa shape index (κ3) is 3.70. The molecule has 0 unspecified atom stereocenters. The van der Waals surface area contributed by atoms with Crippen molar-refractivity contribution in [2.45, 2.75) is 39.0 Å². The van der Waals surface area contributed by atoms with Crippen LogP contribution < -0.4 is 0 Å². The molecule has 0 spiro atoms. The monoisotopic (exact) mass is 300 g/mol. The number of rotatable bonds is 3. The van der Waals surface area contributed by atoms with E-state index in [1.165, 1.54) is 24.9 Å². The molecule has 0 aromatic heterocycles. The lowest BCUT2D eigenvalue weighted by Gasteiger charge is -2.35. The van der Waals surface area contributed by atoms with Gasteiger partial charge in [0.05, 0.1) is 0 Å². The van der Waals surface area contributed by atoms with Crippen LogP contribution in [-0.4, -0.2) is 48.4 Å². The van der Waals surface area contributed by atoms with Gasteiger partial charge >= 0.3 is 0 Å². The van der Waals surface area contributed by atoms with Crippen molar-refractivity contribution in [2.24, 2.45) is 5.92 Å². The zero-order valence-electron chi connectivity index (χ0n) is 14.1. The van der Waals surface area contributed by atoms with E-state index in [2.05, 4.69) is 37.8 Å². The van der Waals surface area contributed by atoms with Crippen LogP contribution >= 0.6 is 0 Å². The molecule has 1 aromatic rings. The molecule has 0 bridgehead atoms. The molecule has 3 nitrogen and oxygen atoms in total. The number of amides is 1. The van der Waals surface area contributed by atoms with E-state index in [-0.39, 0.29) is 11.3 Å². The molecule has 1 saturated heterocycles. The molecular weight excluding hydrogens is 272 g/mol. The summed E-state index contributed by atoms with van der Waals surface area (Å²) in [4.78, 5) is 17.1. The molecule has 3 rings (SSSR count). The predicted octanol–water partition coefficient (Wildman–Crippen LogP) is 3.15. The molecule has 1 aliphatic heterocycles. The second-order valence-electron chi connectivity index (χ2n) is 7.86. The SMILES string of the molecule is CC(C)(C)c1ccc(C(=O)N2CCN(CC3CC3)CC2)cc1. The molecule has 1 saturated carbocycles. The van der Waals surface area contributed by atoms with Gasteiger partial charge in [0.2, 0.25) is 0 Å². The highest BCUT2D eigenvalue weighted by atomic mass is 16.2. The largest absolute Gasteiger partial charge is 0.336 e. The average Bonchev–Trinajstić information content (AvgIpc) is 3.31. The molecule has 1 heterocycles. The first-order chi connectivity index (χ1) is 10.4. The Labute approximate surface area is 134 Å². The van der Waals surface area contributed by atoms with Crippen molar-refractivity contribution in [3.8, 4) is 0 Å². The van der Waals surface area contributed by atoms with E-state index >= 15 is 0 Å². The van der Waals surface area contributed by atoms with E-state index in [0.29, 0.717) is 0 Å². The van der Waals surface area contributed by atoms with E-state index in [0.717, 1.165) is 37.7 Å². The summed E-state index contributed by atoms with van der Waals surface area (Å²) in [5.74, 6) is 1.12. The molecule has 0 radical (unpaired) electrons. The van der Waals surface area contributed by atoms with Crippen molar-refractivity contribution in [3.63, 3.8) is 0 Å². The number of piperazine rings is 1. The van der Waals surface area contributed by atoms with E-state index in [1.807, 2.05) is 17.0 Å². The van der Waals surface area contributed by atoms with Gasteiger partial charge in [0.15, 0.2) is 0 Å². The maximum Gasteiger partial charge on any atom is 0.253 e. The molecular formula is C19H28N2O. The Morgan fingerprint density at radius 2 is 1.64 bits per heavy atom. The average molecular weight is 300 g/mol. The fourth-order valence-electron chi connectivity index (χ4n) is 3.09. The zero-order chi connectivity index (χ0) is 15.7. The lowest BCUT2D eigenvalue weighted by Crippen LogP contribution is -2.49. The minimum Gasteiger partial charge on any atom is -0.336 e. The molecule has 2 fully saturated rings. The maximum atomic E-state index is 12.6. The van der Waals surface area contributed by atoms with Crippen LogP contribution in [-0.2, 0) is 5.41 Å². The molecule has 120 valence electrons. The molecule has 1 amide bonds. The number of benzene rings is 1. The fourth-order valence-corrected chi connectivity index (χ4v) is 3.09. The van der Waals surface area contributed by atoms with E-state index in [1.54, 1.807) is 0 Å². The first-order valence-corrected chi connectivity index (χ1v) is 8.55. The smallest absolute Gasteiger partial charge is 0.253 e. The first-order valence-electron chi connectivity index (χ1n) is 8.55. The molecule has 2 aliphatic rings. The van der Waals surface area contributed by atoms with Crippen molar-refractivity contribution < 1.29 is 4.79 Å². The molecule has 22 heavy (non-hydrogen) atoms. The Morgan fingerprint density at radius 3 is 2.14 bits per heavy atom. The van der Waals surface area contributed by atoms with Gasteiger partial charge < -0.3 is 4.90 Å². The Hall–Kier alpha value is -1.35. The molecule has 1 aliphatic carbocycles. The number of nitrogens with zero attached hydrogens (tertiary/aromatic N) is 2. The number of carbonyl (C=O) groups excluding carboxylic acids is 1. The highest BCUT2D eigenvalue weighted by Crippen LogP contribution is 2.30. The van der Waals surface area contributed by atoms with Crippen LogP contribution in [0.15, 0.2) is 24.3 Å². The van der Waals surface area contributed by atoms with Crippen LogP contribution in [0.3, 0.4) is 0 Å². The number of hydrogen-bond donors (Lipinski definition) is 0. The van der Waals surface area contributed by atoms with Crippen LogP contribution in [0, 0.1) is 5.92 Å². The Kier molecular flexibility index (Phi) is 4.26. The predicted molar refractivity (Wildman–Crippen MR) is 90.2 cm³/mol. The molecule has 3 heteroatoms. The van der Waals surface area contributed by atoms with Gasteiger partial charge in [-0.2, -0.15) is 0 Å². The summed E-state index contributed by atoms with van der Waals surface area (Å²) in [6.07, 6.45) is 2.80. The van der Waals surface area contributed by atoms with Gasteiger partial charge in [-0.25, -0.2) is 0 Å². The maximum absolute atomic E-state index is 12.6. The van der Waals surface area contributed by atoms with Crippen molar-refractivity contribution in [3.05, 3.63) is 35.4 Å². The van der Waals surface area contributed by atoms with Gasteiger partial charge in [0.1, 0.15) is 0 Å².